The summed E-state index contributed by atoms with van der Waals surface area (Å²) in [5.41, 5.74) is 2.20. The number of methoxy groups -OCH3 is 2. The minimum atomic E-state index is -3.74. The second-order valence-electron chi connectivity index (χ2n) is 6.91. The van der Waals surface area contributed by atoms with E-state index in [9.17, 15) is 8.42 Å². The third kappa shape index (κ3) is 4.12. The van der Waals surface area contributed by atoms with Crippen LogP contribution in [0.25, 0.3) is 0 Å². The van der Waals surface area contributed by atoms with E-state index in [-0.39, 0.29) is 10.9 Å². The van der Waals surface area contributed by atoms with E-state index < -0.39 is 10.0 Å². The molecule has 0 spiro atoms. The van der Waals surface area contributed by atoms with E-state index in [2.05, 4.69) is 0 Å². The fourth-order valence-corrected chi connectivity index (χ4v) is 5.46. The average Bonchev–Trinajstić information content (AvgIpc) is 2.94. The molecule has 0 N–H and O–H groups in total. The SMILES string of the molecule is COc1ccc(OC)c(S(=O)(=O)N2CCCCCC2c2ccc(C)cc2)c1. The second kappa shape index (κ2) is 8.31. The summed E-state index contributed by atoms with van der Waals surface area (Å²) in [7, 11) is -0.726. The number of hydrogen-bond acceptors (Lipinski definition) is 4. The Balaban J connectivity index is 2.08. The summed E-state index contributed by atoms with van der Waals surface area (Å²) in [6, 6.07) is 12.9. The standard InChI is InChI=1S/C21H27NO4S/c1-16-8-10-17(11-9-16)19-7-5-4-6-14-22(19)27(23,24)21-15-18(25-2)12-13-20(21)26-3/h8-13,15,19H,4-7,14H2,1-3H3. The molecule has 0 saturated carbocycles. The normalized spacial score (nSPS) is 18.7. The molecule has 2 aromatic carbocycles. The maximum atomic E-state index is 13.6. The molecule has 27 heavy (non-hydrogen) atoms. The molecule has 1 fully saturated rings. The Kier molecular flexibility index (Phi) is 6.07. The first-order valence-corrected chi connectivity index (χ1v) is 10.7. The third-order valence-corrected chi connectivity index (χ3v) is 7.05. The summed E-state index contributed by atoms with van der Waals surface area (Å²) in [5, 5.41) is 0. The van der Waals surface area contributed by atoms with Crippen LogP contribution in [0.1, 0.15) is 42.9 Å². The quantitative estimate of drug-likeness (QED) is 0.764. The molecular formula is C21H27NO4S. The van der Waals surface area contributed by atoms with Gasteiger partial charge in [0.1, 0.15) is 16.4 Å². The van der Waals surface area contributed by atoms with Crippen LogP contribution in [0.5, 0.6) is 11.5 Å². The third-order valence-electron chi connectivity index (χ3n) is 5.12. The zero-order valence-electron chi connectivity index (χ0n) is 16.1. The van der Waals surface area contributed by atoms with Gasteiger partial charge in [-0.2, -0.15) is 4.31 Å². The highest BCUT2D eigenvalue weighted by atomic mass is 32.2. The molecule has 1 saturated heterocycles. The van der Waals surface area contributed by atoms with Gasteiger partial charge in [0.25, 0.3) is 0 Å². The van der Waals surface area contributed by atoms with Crippen molar-refractivity contribution in [1.82, 2.24) is 4.31 Å². The molecule has 0 bridgehead atoms. The molecular weight excluding hydrogens is 362 g/mol. The summed E-state index contributed by atoms with van der Waals surface area (Å²) >= 11 is 0. The first-order valence-electron chi connectivity index (χ1n) is 9.28. The lowest BCUT2D eigenvalue weighted by molar-refractivity contribution is 0.325. The zero-order valence-corrected chi connectivity index (χ0v) is 17.0. The van der Waals surface area contributed by atoms with E-state index in [1.54, 1.807) is 22.5 Å². The molecule has 0 aromatic heterocycles. The lowest BCUT2D eigenvalue weighted by Gasteiger charge is -2.30. The van der Waals surface area contributed by atoms with Gasteiger partial charge in [-0.15, -0.1) is 0 Å². The van der Waals surface area contributed by atoms with Gasteiger partial charge < -0.3 is 9.47 Å². The summed E-state index contributed by atoms with van der Waals surface area (Å²) in [4.78, 5) is 0.156. The molecule has 0 aliphatic carbocycles. The van der Waals surface area contributed by atoms with Crippen LogP contribution in [0.3, 0.4) is 0 Å². The Bertz CT molecular complexity index is 878. The number of ether oxygens (including phenoxy) is 2. The number of aryl methyl sites for hydroxylation is 1. The first kappa shape index (κ1) is 19.7. The molecule has 1 aliphatic heterocycles. The molecule has 6 heteroatoms. The maximum absolute atomic E-state index is 13.6. The highest BCUT2D eigenvalue weighted by Gasteiger charge is 2.35. The van der Waals surface area contributed by atoms with Crippen LogP contribution in [0, 0.1) is 6.92 Å². The van der Waals surface area contributed by atoms with E-state index in [4.69, 9.17) is 9.47 Å². The van der Waals surface area contributed by atoms with Crippen LogP contribution in [-0.2, 0) is 10.0 Å². The molecule has 2 aromatic rings. The summed E-state index contributed by atoms with van der Waals surface area (Å²) < 4.78 is 39.5. The topological polar surface area (TPSA) is 55.8 Å². The Morgan fingerprint density at radius 2 is 1.70 bits per heavy atom. The molecule has 0 radical (unpaired) electrons. The van der Waals surface area contributed by atoms with Crippen molar-refractivity contribution in [2.45, 2.75) is 43.5 Å². The fraction of sp³-hybridized carbons (Fsp3) is 0.429. The molecule has 1 heterocycles. The monoisotopic (exact) mass is 389 g/mol. The predicted octanol–water partition coefficient (Wildman–Crippen LogP) is 4.32. The van der Waals surface area contributed by atoms with E-state index in [0.29, 0.717) is 18.0 Å². The lowest BCUT2D eigenvalue weighted by Crippen LogP contribution is -2.35. The number of nitrogens with zero attached hydrogens (tertiary/aromatic N) is 1. The van der Waals surface area contributed by atoms with Crippen molar-refractivity contribution >= 4 is 10.0 Å². The summed E-state index contributed by atoms with van der Waals surface area (Å²) in [6.07, 6.45) is 3.71. The van der Waals surface area contributed by atoms with Gasteiger partial charge >= 0.3 is 0 Å². The number of rotatable bonds is 5. The number of benzene rings is 2. The zero-order chi connectivity index (χ0) is 19.4. The van der Waals surface area contributed by atoms with Gasteiger partial charge in [-0.3, -0.25) is 0 Å². The second-order valence-corrected chi connectivity index (χ2v) is 8.77. The van der Waals surface area contributed by atoms with Crippen molar-refractivity contribution in [3.63, 3.8) is 0 Å². The molecule has 146 valence electrons. The average molecular weight is 390 g/mol. The van der Waals surface area contributed by atoms with Crippen LogP contribution in [-0.4, -0.2) is 33.5 Å². The van der Waals surface area contributed by atoms with Crippen molar-refractivity contribution in [2.75, 3.05) is 20.8 Å². The first-order chi connectivity index (χ1) is 13.0. The van der Waals surface area contributed by atoms with Crippen molar-refractivity contribution in [1.29, 1.82) is 0 Å². The van der Waals surface area contributed by atoms with Crippen LogP contribution in [0.2, 0.25) is 0 Å². The Hall–Kier alpha value is -2.05. The molecule has 1 atom stereocenters. The molecule has 5 nitrogen and oxygen atoms in total. The number of sulfonamides is 1. The van der Waals surface area contributed by atoms with E-state index in [1.165, 1.54) is 14.2 Å². The largest absolute Gasteiger partial charge is 0.497 e. The molecule has 3 rings (SSSR count). The van der Waals surface area contributed by atoms with Gasteiger partial charge in [-0.05, 0) is 37.5 Å². The lowest BCUT2D eigenvalue weighted by atomic mass is 10.0. The van der Waals surface area contributed by atoms with Crippen molar-refractivity contribution < 1.29 is 17.9 Å². The van der Waals surface area contributed by atoms with Crippen molar-refractivity contribution in [3.05, 3.63) is 53.6 Å². The Morgan fingerprint density at radius 3 is 2.37 bits per heavy atom. The minimum Gasteiger partial charge on any atom is -0.497 e. The van der Waals surface area contributed by atoms with Crippen LogP contribution in [0.15, 0.2) is 47.4 Å². The van der Waals surface area contributed by atoms with Gasteiger partial charge in [0.05, 0.1) is 20.3 Å². The van der Waals surface area contributed by atoms with Crippen LogP contribution in [0.4, 0.5) is 0 Å². The highest BCUT2D eigenvalue weighted by molar-refractivity contribution is 7.89. The maximum Gasteiger partial charge on any atom is 0.247 e. The van der Waals surface area contributed by atoms with E-state index in [0.717, 1.165) is 36.8 Å². The van der Waals surface area contributed by atoms with Crippen molar-refractivity contribution in [2.24, 2.45) is 0 Å². The van der Waals surface area contributed by atoms with Gasteiger partial charge in [0.2, 0.25) is 10.0 Å². The van der Waals surface area contributed by atoms with Gasteiger partial charge in [0.15, 0.2) is 0 Å². The van der Waals surface area contributed by atoms with Gasteiger partial charge in [0, 0.05) is 12.6 Å². The van der Waals surface area contributed by atoms with E-state index >= 15 is 0 Å². The molecule has 1 aliphatic rings. The Labute approximate surface area is 162 Å². The summed E-state index contributed by atoms with van der Waals surface area (Å²) in [5.74, 6) is 0.832. The number of hydrogen-bond donors (Lipinski definition) is 0. The summed E-state index contributed by atoms with van der Waals surface area (Å²) in [6.45, 7) is 2.54. The van der Waals surface area contributed by atoms with Crippen LogP contribution < -0.4 is 9.47 Å². The minimum absolute atomic E-state index is 0.156. The molecule has 1 unspecified atom stereocenters. The van der Waals surface area contributed by atoms with Crippen LogP contribution >= 0.6 is 0 Å². The smallest absolute Gasteiger partial charge is 0.247 e. The van der Waals surface area contributed by atoms with E-state index in [1.807, 2.05) is 31.2 Å². The fourth-order valence-electron chi connectivity index (χ4n) is 3.60. The Morgan fingerprint density at radius 1 is 0.963 bits per heavy atom. The molecule has 0 amide bonds. The van der Waals surface area contributed by atoms with Gasteiger partial charge in [-0.1, -0.05) is 42.7 Å². The highest BCUT2D eigenvalue weighted by Crippen LogP contribution is 2.38. The van der Waals surface area contributed by atoms with Crippen molar-refractivity contribution in [3.8, 4) is 11.5 Å². The predicted molar refractivity (Wildman–Crippen MR) is 106 cm³/mol. The van der Waals surface area contributed by atoms with Gasteiger partial charge in [-0.25, -0.2) is 8.42 Å².